The van der Waals surface area contributed by atoms with Gasteiger partial charge in [0.15, 0.2) is 0 Å². The van der Waals surface area contributed by atoms with E-state index in [0.29, 0.717) is 6.10 Å². The van der Waals surface area contributed by atoms with Crippen molar-refractivity contribution in [1.29, 1.82) is 0 Å². The highest BCUT2D eigenvalue weighted by atomic mass is 16.6. The van der Waals surface area contributed by atoms with Crippen molar-refractivity contribution < 1.29 is 9.53 Å². The van der Waals surface area contributed by atoms with Gasteiger partial charge in [0.1, 0.15) is 0 Å². The van der Waals surface area contributed by atoms with Crippen LogP contribution in [0.3, 0.4) is 0 Å². The van der Waals surface area contributed by atoms with Crippen LogP contribution in [0, 0.1) is 5.92 Å². The van der Waals surface area contributed by atoms with Crippen molar-refractivity contribution in [2.75, 3.05) is 40.3 Å². The summed E-state index contributed by atoms with van der Waals surface area (Å²) >= 11 is 0. The van der Waals surface area contributed by atoms with Crippen molar-refractivity contribution >= 4 is 5.91 Å². The van der Waals surface area contributed by atoms with Crippen molar-refractivity contribution in [1.82, 2.24) is 9.80 Å². The Hall–Kier alpha value is -0.610. The topological polar surface area (TPSA) is 36.1 Å². The summed E-state index contributed by atoms with van der Waals surface area (Å²) in [6, 6.07) is 0. The number of hydrogen-bond donors (Lipinski definition) is 0. The molecular weight excluding hydrogens is 192 g/mol. The highest BCUT2D eigenvalue weighted by Gasteiger charge is 2.30. The largest absolute Gasteiger partial charge is 0.372 e. The van der Waals surface area contributed by atoms with Gasteiger partial charge in [-0.15, -0.1) is 0 Å². The highest BCUT2D eigenvalue weighted by molar-refractivity contribution is 5.78. The molecule has 0 radical (unpaired) electrons. The number of piperidine rings is 1. The van der Waals surface area contributed by atoms with E-state index in [2.05, 4.69) is 4.90 Å². The van der Waals surface area contributed by atoms with Crippen LogP contribution < -0.4 is 0 Å². The third kappa shape index (κ3) is 2.92. The van der Waals surface area contributed by atoms with Gasteiger partial charge in [0.2, 0.25) is 5.91 Å². The van der Waals surface area contributed by atoms with Crippen molar-refractivity contribution in [3.05, 3.63) is 0 Å². The van der Waals surface area contributed by atoms with E-state index in [1.807, 2.05) is 14.1 Å². The van der Waals surface area contributed by atoms with E-state index >= 15 is 0 Å². The number of ether oxygens (including phenoxy) is 1. The number of hydrogen-bond acceptors (Lipinski definition) is 3. The van der Waals surface area contributed by atoms with Crippen molar-refractivity contribution in [2.24, 2.45) is 5.92 Å². The second-order valence-electron chi connectivity index (χ2n) is 4.76. The summed E-state index contributed by atoms with van der Waals surface area (Å²) in [5.74, 6) is 0.536. The van der Waals surface area contributed by atoms with Crippen LogP contribution in [-0.2, 0) is 9.53 Å². The fourth-order valence-corrected chi connectivity index (χ4v) is 2.19. The standard InChI is InChI=1S/C11H20N2O2/c1-12(2)11(14)9-3-5-13(6-4-9)7-10-8-15-10/h9-10H,3-8H2,1-2H3/t10-/m1/s1. The van der Waals surface area contributed by atoms with Gasteiger partial charge in [0.25, 0.3) is 0 Å². The Morgan fingerprint density at radius 3 is 2.47 bits per heavy atom. The maximum Gasteiger partial charge on any atom is 0.225 e. The lowest BCUT2D eigenvalue weighted by atomic mass is 9.95. The molecule has 2 heterocycles. The second kappa shape index (κ2) is 4.49. The normalized spacial score (nSPS) is 27.7. The molecule has 4 nitrogen and oxygen atoms in total. The minimum absolute atomic E-state index is 0.247. The van der Waals surface area contributed by atoms with E-state index in [0.717, 1.165) is 39.1 Å². The van der Waals surface area contributed by atoms with Gasteiger partial charge in [-0.2, -0.15) is 0 Å². The third-order valence-corrected chi connectivity index (χ3v) is 3.24. The molecule has 1 amide bonds. The molecule has 0 aromatic rings. The molecule has 0 aromatic heterocycles. The molecule has 0 bridgehead atoms. The smallest absolute Gasteiger partial charge is 0.225 e. The van der Waals surface area contributed by atoms with E-state index in [9.17, 15) is 4.79 Å². The first-order valence-electron chi connectivity index (χ1n) is 5.72. The van der Waals surface area contributed by atoms with Crippen LogP contribution in [0.2, 0.25) is 0 Å². The van der Waals surface area contributed by atoms with E-state index in [4.69, 9.17) is 4.74 Å². The molecule has 0 aliphatic carbocycles. The van der Waals surface area contributed by atoms with Gasteiger partial charge >= 0.3 is 0 Å². The SMILES string of the molecule is CN(C)C(=O)C1CCN(C[C@@H]2CO2)CC1. The molecule has 0 N–H and O–H groups in total. The Balaban J connectivity index is 1.73. The predicted molar refractivity (Wildman–Crippen MR) is 57.6 cm³/mol. The Morgan fingerprint density at radius 1 is 1.40 bits per heavy atom. The van der Waals surface area contributed by atoms with Crippen LogP contribution >= 0.6 is 0 Å². The van der Waals surface area contributed by atoms with Crippen LogP contribution in [0.5, 0.6) is 0 Å². The number of epoxide rings is 1. The van der Waals surface area contributed by atoms with Gasteiger partial charge in [-0.05, 0) is 25.9 Å². The molecule has 2 rings (SSSR count). The zero-order valence-electron chi connectivity index (χ0n) is 9.61. The lowest BCUT2D eigenvalue weighted by Crippen LogP contribution is -2.41. The molecule has 2 saturated heterocycles. The average Bonchev–Trinajstić information content (AvgIpc) is 3.02. The summed E-state index contributed by atoms with van der Waals surface area (Å²) in [6.07, 6.45) is 2.49. The number of likely N-dealkylation sites (tertiary alicyclic amines) is 1. The van der Waals surface area contributed by atoms with E-state index in [1.54, 1.807) is 4.90 Å². The zero-order chi connectivity index (χ0) is 10.8. The first kappa shape index (κ1) is 10.9. The molecule has 86 valence electrons. The van der Waals surface area contributed by atoms with Crippen LogP contribution in [0.15, 0.2) is 0 Å². The van der Waals surface area contributed by atoms with Gasteiger partial charge < -0.3 is 14.5 Å². The fraction of sp³-hybridized carbons (Fsp3) is 0.909. The summed E-state index contributed by atoms with van der Waals surface area (Å²) in [4.78, 5) is 15.8. The summed E-state index contributed by atoms with van der Waals surface area (Å²) in [5.41, 5.74) is 0. The zero-order valence-corrected chi connectivity index (χ0v) is 9.61. The lowest BCUT2D eigenvalue weighted by Gasteiger charge is -2.31. The molecule has 4 heteroatoms. The molecule has 2 aliphatic heterocycles. The Labute approximate surface area is 91.2 Å². The molecule has 0 spiro atoms. The summed E-state index contributed by atoms with van der Waals surface area (Å²) < 4.78 is 5.21. The van der Waals surface area contributed by atoms with Crippen molar-refractivity contribution in [3.8, 4) is 0 Å². The molecule has 0 aromatic carbocycles. The summed E-state index contributed by atoms with van der Waals surface area (Å²) in [7, 11) is 3.68. The van der Waals surface area contributed by atoms with E-state index in [-0.39, 0.29) is 11.8 Å². The quantitative estimate of drug-likeness (QED) is 0.626. The Morgan fingerprint density at radius 2 is 2.00 bits per heavy atom. The second-order valence-corrected chi connectivity index (χ2v) is 4.76. The predicted octanol–water partition coefficient (Wildman–Crippen LogP) is 0.185. The molecule has 2 fully saturated rings. The maximum atomic E-state index is 11.7. The average molecular weight is 212 g/mol. The molecule has 2 aliphatic rings. The van der Waals surface area contributed by atoms with E-state index < -0.39 is 0 Å². The number of carbonyl (C=O) groups excluding carboxylic acids is 1. The van der Waals surface area contributed by atoms with Crippen LogP contribution in [0.4, 0.5) is 0 Å². The van der Waals surface area contributed by atoms with Crippen LogP contribution in [-0.4, -0.2) is 62.1 Å². The fourth-order valence-electron chi connectivity index (χ4n) is 2.19. The van der Waals surface area contributed by atoms with Crippen molar-refractivity contribution in [3.63, 3.8) is 0 Å². The monoisotopic (exact) mass is 212 g/mol. The Bertz CT molecular complexity index is 231. The molecular formula is C11H20N2O2. The minimum atomic E-state index is 0.247. The van der Waals surface area contributed by atoms with Gasteiger partial charge in [0.05, 0.1) is 12.7 Å². The minimum Gasteiger partial charge on any atom is -0.372 e. The molecule has 0 unspecified atom stereocenters. The third-order valence-electron chi connectivity index (χ3n) is 3.24. The highest BCUT2D eigenvalue weighted by Crippen LogP contribution is 2.21. The van der Waals surface area contributed by atoms with Crippen LogP contribution in [0.1, 0.15) is 12.8 Å². The first-order chi connectivity index (χ1) is 7.16. The summed E-state index contributed by atoms with van der Waals surface area (Å²) in [6.45, 7) is 4.08. The lowest BCUT2D eigenvalue weighted by molar-refractivity contribution is -0.134. The first-order valence-corrected chi connectivity index (χ1v) is 5.72. The molecule has 1 atom stereocenters. The van der Waals surface area contributed by atoms with Gasteiger partial charge in [0, 0.05) is 26.6 Å². The molecule has 0 saturated carbocycles. The van der Waals surface area contributed by atoms with E-state index in [1.165, 1.54) is 0 Å². The maximum absolute atomic E-state index is 11.7. The van der Waals surface area contributed by atoms with Gasteiger partial charge in [-0.25, -0.2) is 0 Å². The summed E-state index contributed by atoms with van der Waals surface area (Å²) in [5, 5.41) is 0. The Kier molecular flexibility index (Phi) is 3.26. The van der Waals surface area contributed by atoms with Gasteiger partial charge in [-0.1, -0.05) is 0 Å². The number of amides is 1. The number of rotatable bonds is 3. The van der Waals surface area contributed by atoms with Crippen LogP contribution in [0.25, 0.3) is 0 Å². The van der Waals surface area contributed by atoms with Crippen molar-refractivity contribution in [2.45, 2.75) is 18.9 Å². The number of nitrogens with zero attached hydrogens (tertiary/aromatic N) is 2. The molecule has 15 heavy (non-hydrogen) atoms. The van der Waals surface area contributed by atoms with Gasteiger partial charge in [-0.3, -0.25) is 4.79 Å². The number of carbonyl (C=O) groups is 1.